The molecule has 2 nitrogen and oxygen atoms in total. The molecule has 0 atom stereocenters. The first kappa shape index (κ1) is 22.9. The van der Waals surface area contributed by atoms with Gasteiger partial charge in [0, 0.05) is 39.1 Å². The van der Waals surface area contributed by atoms with Crippen LogP contribution in [0.15, 0.2) is 144 Å². The average molecular weight is 514 g/mol. The molecule has 8 aromatic rings. The number of furan rings is 1. The molecule has 0 amide bonds. The van der Waals surface area contributed by atoms with Crippen LogP contribution in [0.25, 0.3) is 54.9 Å². The van der Waals surface area contributed by atoms with Gasteiger partial charge in [-0.2, -0.15) is 0 Å². The fourth-order valence-corrected chi connectivity index (χ4v) is 6.16. The van der Waals surface area contributed by atoms with Crippen LogP contribution in [0, 0.1) is 0 Å². The maximum Gasteiger partial charge on any atom is 0.135 e. The van der Waals surface area contributed by atoms with E-state index in [0.717, 1.165) is 24.1 Å². The van der Waals surface area contributed by atoms with Gasteiger partial charge < -0.3 is 8.98 Å². The van der Waals surface area contributed by atoms with Gasteiger partial charge in [0.05, 0.1) is 0 Å². The van der Waals surface area contributed by atoms with Crippen molar-refractivity contribution in [1.29, 1.82) is 0 Å². The molecule has 0 N–H and O–H groups in total. The summed E-state index contributed by atoms with van der Waals surface area (Å²) < 4.78 is 8.52. The summed E-state index contributed by atoms with van der Waals surface area (Å²) in [5.74, 6) is 0. The van der Waals surface area contributed by atoms with Crippen molar-refractivity contribution >= 4 is 43.7 Å². The van der Waals surface area contributed by atoms with E-state index in [2.05, 4.69) is 132 Å². The lowest BCUT2D eigenvalue weighted by Crippen LogP contribution is -1.99. The molecule has 0 fully saturated rings. The second-order valence-electron chi connectivity index (χ2n) is 10.6. The molecular formula is C38H27NO. The summed E-state index contributed by atoms with van der Waals surface area (Å²) in [6.45, 7) is 0.803. The molecule has 190 valence electrons. The van der Waals surface area contributed by atoms with Crippen molar-refractivity contribution in [2.24, 2.45) is 0 Å². The van der Waals surface area contributed by atoms with Crippen molar-refractivity contribution in [3.8, 4) is 11.1 Å². The molecule has 0 aliphatic rings. The highest BCUT2D eigenvalue weighted by molar-refractivity contribution is 6.08. The van der Waals surface area contributed by atoms with Gasteiger partial charge in [0.1, 0.15) is 11.2 Å². The molecule has 0 aliphatic carbocycles. The van der Waals surface area contributed by atoms with Crippen molar-refractivity contribution < 1.29 is 4.42 Å². The first-order valence-electron chi connectivity index (χ1n) is 13.8. The summed E-state index contributed by atoms with van der Waals surface area (Å²) in [5, 5.41) is 4.95. The Kier molecular flexibility index (Phi) is 5.31. The number of para-hydroxylation sites is 2. The van der Waals surface area contributed by atoms with Gasteiger partial charge in [0.2, 0.25) is 0 Å². The zero-order valence-corrected chi connectivity index (χ0v) is 22.0. The first-order valence-corrected chi connectivity index (χ1v) is 13.8. The van der Waals surface area contributed by atoms with Crippen molar-refractivity contribution in [3.05, 3.63) is 156 Å². The Hall–Kier alpha value is -5.08. The van der Waals surface area contributed by atoms with E-state index >= 15 is 0 Å². The topological polar surface area (TPSA) is 18.1 Å². The van der Waals surface area contributed by atoms with E-state index in [4.69, 9.17) is 4.42 Å². The standard InChI is InChI=1S/C38H27NO/c1-2-10-29(11-3-1)30-12-8-9-26(22-30)21-27-17-19-36-33(23-27)31-13-4-6-15-35(31)39(36)25-28-18-20-38-34(24-28)32-14-5-7-16-37(32)40-38/h1-20,22-24H,21,25H2. The molecule has 2 aromatic heterocycles. The third-order valence-electron chi connectivity index (χ3n) is 8.06. The molecular weight excluding hydrogens is 486 g/mol. The Morgan fingerprint density at radius 2 is 1.10 bits per heavy atom. The van der Waals surface area contributed by atoms with Gasteiger partial charge in [-0.3, -0.25) is 0 Å². The van der Waals surface area contributed by atoms with Crippen LogP contribution in [0.2, 0.25) is 0 Å². The number of benzene rings is 6. The molecule has 0 aliphatic heterocycles. The minimum absolute atomic E-state index is 0.803. The molecule has 8 rings (SSSR count). The van der Waals surface area contributed by atoms with Crippen LogP contribution in [0.4, 0.5) is 0 Å². The van der Waals surface area contributed by atoms with Crippen molar-refractivity contribution in [2.45, 2.75) is 13.0 Å². The van der Waals surface area contributed by atoms with Gasteiger partial charge >= 0.3 is 0 Å². The Bertz CT molecular complexity index is 2160. The molecule has 0 bridgehead atoms. The smallest absolute Gasteiger partial charge is 0.135 e. The van der Waals surface area contributed by atoms with E-state index in [9.17, 15) is 0 Å². The fraction of sp³-hybridized carbons (Fsp3) is 0.0526. The minimum Gasteiger partial charge on any atom is -0.456 e. The SMILES string of the molecule is c1ccc(-c2cccc(Cc3ccc4c(c3)c3ccccc3n4Cc3ccc4oc5ccccc5c4c3)c2)cc1. The largest absolute Gasteiger partial charge is 0.456 e. The van der Waals surface area contributed by atoms with E-state index in [1.165, 1.54) is 60.4 Å². The highest BCUT2D eigenvalue weighted by atomic mass is 16.3. The summed E-state index contributed by atoms with van der Waals surface area (Å²) in [4.78, 5) is 0. The summed E-state index contributed by atoms with van der Waals surface area (Å²) >= 11 is 0. The summed E-state index contributed by atoms with van der Waals surface area (Å²) in [6.07, 6.45) is 0.903. The lowest BCUT2D eigenvalue weighted by atomic mass is 9.98. The third kappa shape index (κ3) is 3.88. The second-order valence-corrected chi connectivity index (χ2v) is 10.6. The second kappa shape index (κ2) is 9.29. The number of hydrogen-bond acceptors (Lipinski definition) is 1. The summed E-state index contributed by atoms with van der Waals surface area (Å²) in [7, 11) is 0. The van der Waals surface area contributed by atoms with E-state index in [1.807, 2.05) is 12.1 Å². The molecule has 0 spiro atoms. The lowest BCUT2D eigenvalue weighted by molar-refractivity contribution is 0.668. The van der Waals surface area contributed by atoms with Crippen molar-refractivity contribution in [2.75, 3.05) is 0 Å². The van der Waals surface area contributed by atoms with Crippen LogP contribution in [0.3, 0.4) is 0 Å². The van der Waals surface area contributed by atoms with Crippen molar-refractivity contribution in [3.63, 3.8) is 0 Å². The number of hydrogen-bond donors (Lipinski definition) is 0. The predicted octanol–water partition coefficient (Wildman–Crippen LogP) is 10.00. The van der Waals surface area contributed by atoms with Gasteiger partial charge in [-0.05, 0) is 70.6 Å². The Labute approximate surface area is 232 Å². The van der Waals surface area contributed by atoms with Gasteiger partial charge in [-0.25, -0.2) is 0 Å². The van der Waals surface area contributed by atoms with Crippen LogP contribution in [-0.2, 0) is 13.0 Å². The number of rotatable bonds is 5. The zero-order valence-electron chi connectivity index (χ0n) is 22.0. The number of fused-ring (bicyclic) bond motifs is 6. The van der Waals surface area contributed by atoms with Crippen LogP contribution in [0.5, 0.6) is 0 Å². The molecule has 0 saturated carbocycles. The quantitative estimate of drug-likeness (QED) is 0.224. The maximum absolute atomic E-state index is 6.07. The first-order chi connectivity index (χ1) is 19.8. The van der Waals surface area contributed by atoms with Crippen LogP contribution in [0.1, 0.15) is 16.7 Å². The molecule has 6 aromatic carbocycles. The van der Waals surface area contributed by atoms with Gasteiger partial charge in [-0.1, -0.05) is 103 Å². The van der Waals surface area contributed by atoms with E-state index in [-0.39, 0.29) is 0 Å². The highest BCUT2D eigenvalue weighted by Gasteiger charge is 2.13. The predicted molar refractivity (Wildman–Crippen MR) is 167 cm³/mol. The Morgan fingerprint density at radius 3 is 2.02 bits per heavy atom. The number of aromatic nitrogens is 1. The third-order valence-corrected chi connectivity index (χ3v) is 8.06. The Morgan fingerprint density at radius 1 is 0.425 bits per heavy atom. The summed E-state index contributed by atoms with van der Waals surface area (Å²) in [6, 6.07) is 50.2. The molecule has 0 unspecified atom stereocenters. The number of nitrogens with zero attached hydrogens (tertiary/aromatic N) is 1. The van der Waals surface area contributed by atoms with Crippen molar-refractivity contribution in [1.82, 2.24) is 4.57 Å². The van der Waals surface area contributed by atoms with Gasteiger partial charge in [0.15, 0.2) is 0 Å². The fourth-order valence-electron chi connectivity index (χ4n) is 6.16. The molecule has 0 radical (unpaired) electrons. The lowest BCUT2D eigenvalue weighted by Gasteiger charge is -2.09. The summed E-state index contributed by atoms with van der Waals surface area (Å²) in [5.41, 5.74) is 10.8. The van der Waals surface area contributed by atoms with Crippen LogP contribution in [-0.4, -0.2) is 4.57 Å². The average Bonchev–Trinajstić information content (AvgIpc) is 3.53. The van der Waals surface area contributed by atoms with Gasteiger partial charge in [-0.15, -0.1) is 0 Å². The monoisotopic (exact) mass is 513 g/mol. The Balaban J connectivity index is 1.18. The van der Waals surface area contributed by atoms with E-state index < -0.39 is 0 Å². The normalized spacial score (nSPS) is 11.7. The molecule has 0 saturated heterocycles. The maximum atomic E-state index is 6.07. The molecule has 2 heteroatoms. The molecule has 2 heterocycles. The minimum atomic E-state index is 0.803. The van der Waals surface area contributed by atoms with Crippen LogP contribution < -0.4 is 0 Å². The van der Waals surface area contributed by atoms with E-state index in [0.29, 0.717) is 0 Å². The highest BCUT2D eigenvalue weighted by Crippen LogP contribution is 2.33. The van der Waals surface area contributed by atoms with Gasteiger partial charge in [0.25, 0.3) is 0 Å². The molecule has 40 heavy (non-hydrogen) atoms. The zero-order chi connectivity index (χ0) is 26.5. The van der Waals surface area contributed by atoms with E-state index in [1.54, 1.807) is 0 Å². The van der Waals surface area contributed by atoms with Crippen LogP contribution >= 0.6 is 0 Å².